The van der Waals surface area contributed by atoms with Crippen LogP contribution in [-0.2, 0) is 10.2 Å². The first-order chi connectivity index (χ1) is 11.9. The minimum atomic E-state index is -3.47. The van der Waals surface area contributed by atoms with Crippen molar-refractivity contribution in [1.82, 2.24) is 13.9 Å². The molecule has 142 valence electrons. The van der Waals surface area contributed by atoms with E-state index < -0.39 is 10.2 Å². The van der Waals surface area contributed by atoms with E-state index in [-0.39, 0.29) is 6.04 Å². The van der Waals surface area contributed by atoms with Crippen LogP contribution in [0.15, 0.2) is 18.2 Å². The van der Waals surface area contributed by atoms with Crippen molar-refractivity contribution in [2.24, 2.45) is 0 Å². The molecule has 0 amide bonds. The summed E-state index contributed by atoms with van der Waals surface area (Å²) < 4.78 is 38.9. The van der Waals surface area contributed by atoms with Crippen molar-refractivity contribution in [1.29, 1.82) is 0 Å². The van der Waals surface area contributed by atoms with Gasteiger partial charge in [-0.25, -0.2) is 4.72 Å². The molecule has 1 fully saturated rings. The lowest BCUT2D eigenvalue weighted by Crippen LogP contribution is -2.43. The molecule has 0 saturated carbocycles. The number of methoxy groups -OCH3 is 2. The van der Waals surface area contributed by atoms with E-state index in [4.69, 9.17) is 9.47 Å². The Morgan fingerprint density at radius 3 is 2.32 bits per heavy atom. The molecule has 0 aliphatic carbocycles. The molecule has 1 aliphatic heterocycles. The maximum Gasteiger partial charge on any atom is 0.278 e. The zero-order valence-electron chi connectivity index (χ0n) is 15.5. The van der Waals surface area contributed by atoms with Crippen molar-refractivity contribution in [2.45, 2.75) is 25.3 Å². The van der Waals surface area contributed by atoms with Crippen LogP contribution in [0, 0.1) is 0 Å². The van der Waals surface area contributed by atoms with Crippen LogP contribution >= 0.6 is 0 Å². The molecule has 2 rings (SSSR count). The maximum absolute atomic E-state index is 12.1. The zero-order valence-corrected chi connectivity index (χ0v) is 16.3. The molecule has 1 aliphatic rings. The molecule has 1 aromatic carbocycles. The first-order valence-corrected chi connectivity index (χ1v) is 9.96. The third-order valence-electron chi connectivity index (χ3n) is 4.56. The van der Waals surface area contributed by atoms with Gasteiger partial charge in [0.2, 0.25) is 0 Å². The summed E-state index contributed by atoms with van der Waals surface area (Å²) in [6, 6.07) is 5.73. The van der Waals surface area contributed by atoms with Gasteiger partial charge in [0.05, 0.1) is 14.2 Å². The molecule has 1 saturated heterocycles. The van der Waals surface area contributed by atoms with E-state index in [0.717, 1.165) is 31.5 Å². The van der Waals surface area contributed by atoms with Crippen molar-refractivity contribution in [3.63, 3.8) is 0 Å². The Balaban J connectivity index is 2.27. The molecular formula is C17H29N3O4S. The number of likely N-dealkylation sites (tertiary alicyclic amines) is 1. The van der Waals surface area contributed by atoms with Crippen molar-refractivity contribution < 1.29 is 17.9 Å². The quantitative estimate of drug-likeness (QED) is 0.752. The number of nitrogens with one attached hydrogen (secondary N) is 1. The molecule has 25 heavy (non-hydrogen) atoms. The second-order valence-electron chi connectivity index (χ2n) is 6.36. The van der Waals surface area contributed by atoms with Crippen LogP contribution in [0.2, 0.25) is 0 Å². The fraction of sp³-hybridized carbons (Fsp3) is 0.647. The lowest BCUT2D eigenvalue weighted by Gasteiger charge is -2.35. The smallest absolute Gasteiger partial charge is 0.278 e. The van der Waals surface area contributed by atoms with E-state index in [1.165, 1.54) is 24.8 Å². The Morgan fingerprint density at radius 2 is 1.76 bits per heavy atom. The molecule has 0 radical (unpaired) electrons. The van der Waals surface area contributed by atoms with Crippen LogP contribution in [0.25, 0.3) is 0 Å². The summed E-state index contributed by atoms with van der Waals surface area (Å²) in [5.74, 6) is 1.31. The van der Waals surface area contributed by atoms with Crippen LogP contribution in [0.5, 0.6) is 11.5 Å². The minimum absolute atomic E-state index is 0.0465. The molecule has 1 unspecified atom stereocenters. The Bertz CT molecular complexity index is 658. The highest BCUT2D eigenvalue weighted by atomic mass is 32.2. The lowest BCUT2D eigenvalue weighted by atomic mass is 10.0. The van der Waals surface area contributed by atoms with Gasteiger partial charge in [0.25, 0.3) is 10.2 Å². The number of benzene rings is 1. The predicted octanol–water partition coefficient (Wildman–Crippen LogP) is 1.63. The number of hydrogen-bond acceptors (Lipinski definition) is 5. The van der Waals surface area contributed by atoms with Crippen LogP contribution in [0.3, 0.4) is 0 Å². The molecule has 1 heterocycles. The number of hydrogen-bond donors (Lipinski definition) is 1. The number of piperidine rings is 1. The average Bonchev–Trinajstić information content (AvgIpc) is 2.62. The van der Waals surface area contributed by atoms with E-state index >= 15 is 0 Å². The predicted molar refractivity (Wildman–Crippen MR) is 98.3 cm³/mol. The summed E-state index contributed by atoms with van der Waals surface area (Å²) in [5.41, 5.74) is 1.01. The second kappa shape index (κ2) is 8.84. The van der Waals surface area contributed by atoms with Crippen LogP contribution in [-0.4, -0.2) is 65.6 Å². The summed E-state index contributed by atoms with van der Waals surface area (Å²) in [6.45, 7) is 2.24. The first kappa shape index (κ1) is 20.0. The van der Waals surface area contributed by atoms with E-state index in [2.05, 4.69) is 9.62 Å². The van der Waals surface area contributed by atoms with Gasteiger partial charge >= 0.3 is 0 Å². The molecule has 8 heteroatoms. The van der Waals surface area contributed by atoms with Gasteiger partial charge in [-0.05, 0) is 43.6 Å². The molecule has 0 aromatic heterocycles. The van der Waals surface area contributed by atoms with Gasteiger partial charge < -0.3 is 9.47 Å². The Morgan fingerprint density at radius 1 is 1.12 bits per heavy atom. The average molecular weight is 372 g/mol. The van der Waals surface area contributed by atoms with E-state index in [9.17, 15) is 8.42 Å². The van der Waals surface area contributed by atoms with Crippen molar-refractivity contribution in [3.05, 3.63) is 23.8 Å². The molecule has 1 N–H and O–H groups in total. The van der Waals surface area contributed by atoms with Gasteiger partial charge in [-0.1, -0.05) is 12.5 Å². The van der Waals surface area contributed by atoms with Gasteiger partial charge in [0.15, 0.2) is 11.5 Å². The Labute approximate surface area is 151 Å². The largest absolute Gasteiger partial charge is 0.493 e. The SMILES string of the molecule is COc1ccc(C(CNS(=O)(=O)N(C)C)N2CCCCC2)cc1OC. The summed E-state index contributed by atoms with van der Waals surface area (Å²) in [5, 5.41) is 0. The first-order valence-electron chi connectivity index (χ1n) is 8.52. The third-order valence-corrected chi connectivity index (χ3v) is 6.06. The second-order valence-corrected chi connectivity index (χ2v) is 8.33. The lowest BCUT2D eigenvalue weighted by molar-refractivity contribution is 0.164. The molecular weight excluding hydrogens is 342 g/mol. The van der Waals surface area contributed by atoms with E-state index in [0.29, 0.717) is 18.0 Å². The maximum atomic E-state index is 12.1. The summed E-state index contributed by atoms with van der Waals surface area (Å²) in [4.78, 5) is 2.34. The number of nitrogens with zero attached hydrogens (tertiary/aromatic N) is 2. The van der Waals surface area contributed by atoms with Crippen molar-refractivity contribution in [2.75, 3.05) is 47.9 Å². The van der Waals surface area contributed by atoms with Gasteiger partial charge in [0.1, 0.15) is 0 Å². The van der Waals surface area contributed by atoms with Crippen LogP contribution in [0.4, 0.5) is 0 Å². The molecule has 0 spiro atoms. The molecule has 0 bridgehead atoms. The standard InChI is InChI=1S/C17H29N3O4S/c1-19(2)25(21,22)18-13-15(20-10-6-5-7-11-20)14-8-9-16(23-3)17(12-14)24-4/h8-9,12,15,18H,5-7,10-11,13H2,1-4H3. The highest BCUT2D eigenvalue weighted by Crippen LogP contribution is 2.32. The topological polar surface area (TPSA) is 71.1 Å². The van der Waals surface area contributed by atoms with Gasteiger partial charge in [-0.3, -0.25) is 4.90 Å². The van der Waals surface area contributed by atoms with E-state index in [1.807, 2.05) is 18.2 Å². The van der Waals surface area contributed by atoms with Crippen molar-refractivity contribution >= 4 is 10.2 Å². The highest BCUT2D eigenvalue weighted by molar-refractivity contribution is 7.87. The third kappa shape index (κ3) is 5.07. The van der Waals surface area contributed by atoms with Gasteiger partial charge in [-0.2, -0.15) is 12.7 Å². The fourth-order valence-corrected chi connectivity index (χ4v) is 3.69. The summed E-state index contributed by atoms with van der Waals surface area (Å²) in [6.07, 6.45) is 3.48. The molecule has 1 aromatic rings. The van der Waals surface area contributed by atoms with Crippen LogP contribution in [0.1, 0.15) is 30.9 Å². The van der Waals surface area contributed by atoms with Crippen molar-refractivity contribution in [3.8, 4) is 11.5 Å². The van der Waals surface area contributed by atoms with Crippen LogP contribution < -0.4 is 14.2 Å². The minimum Gasteiger partial charge on any atom is -0.493 e. The zero-order chi connectivity index (χ0) is 18.4. The number of ether oxygens (including phenoxy) is 2. The Kier molecular flexibility index (Phi) is 7.06. The normalized spacial score (nSPS) is 17.5. The summed E-state index contributed by atoms with van der Waals surface area (Å²) in [7, 11) is 2.78. The van der Waals surface area contributed by atoms with Gasteiger partial charge in [0, 0.05) is 26.7 Å². The molecule has 1 atom stereocenters. The highest BCUT2D eigenvalue weighted by Gasteiger charge is 2.25. The molecule has 7 nitrogen and oxygen atoms in total. The summed E-state index contributed by atoms with van der Waals surface area (Å²) >= 11 is 0. The van der Waals surface area contributed by atoms with Gasteiger partial charge in [-0.15, -0.1) is 0 Å². The number of rotatable bonds is 8. The monoisotopic (exact) mass is 371 g/mol. The van der Waals surface area contributed by atoms with E-state index in [1.54, 1.807) is 14.2 Å². The fourth-order valence-electron chi connectivity index (χ4n) is 3.06. The Hall–Kier alpha value is -1.35.